The molecular weight excluding hydrogens is 333 g/mol. The van der Waals surface area contributed by atoms with E-state index >= 15 is 0 Å². The van der Waals surface area contributed by atoms with E-state index in [9.17, 15) is 14.3 Å². The van der Waals surface area contributed by atoms with E-state index in [4.69, 9.17) is 0 Å². The predicted molar refractivity (Wildman–Crippen MR) is 99.5 cm³/mol. The van der Waals surface area contributed by atoms with Crippen LogP contribution in [0, 0.1) is 5.82 Å². The van der Waals surface area contributed by atoms with Crippen molar-refractivity contribution in [2.45, 2.75) is 56.6 Å². The molecule has 3 rings (SSSR count). The minimum atomic E-state index is -0.725. The molecule has 0 bridgehead atoms. The summed E-state index contributed by atoms with van der Waals surface area (Å²) in [5.74, 6) is -0.223. The summed E-state index contributed by atoms with van der Waals surface area (Å²) in [6, 6.07) is 6.69. The summed E-state index contributed by atoms with van der Waals surface area (Å²) in [5, 5.41) is 17.0. The Hall–Kier alpha value is -1.95. The van der Waals surface area contributed by atoms with E-state index in [0.717, 1.165) is 12.0 Å². The molecule has 1 fully saturated rings. The van der Waals surface area contributed by atoms with Gasteiger partial charge in [-0.15, -0.1) is 0 Å². The van der Waals surface area contributed by atoms with Gasteiger partial charge < -0.3 is 10.0 Å². The van der Waals surface area contributed by atoms with Gasteiger partial charge in [0.1, 0.15) is 5.82 Å². The maximum atomic E-state index is 13.4. The van der Waals surface area contributed by atoms with Crippen molar-refractivity contribution in [1.29, 1.82) is 0 Å². The summed E-state index contributed by atoms with van der Waals surface area (Å²) in [6.45, 7) is 3.09. The second-order valence-electron chi connectivity index (χ2n) is 7.73. The summed E-state index contributed by atoms with van der Waals surface area (Å²) >= 11 is 0. The smallest absolute Gasteiger partial charge is 0.223 e. The third kappa shape index (κ3) is 4.41. The van der Waals surface area contributed by atoms with E-state index in [-0.39, 0.29) is 23.7 Å². The van der Waals surface area contributed by atoms with Gasteiger partial charge in [0, 0.05) is 39.2 Å². The van der Waals surface area contributed by atoms with Crippen molar-refractivity contribution in [3.8, 4) is 0 Å². The Labute approximate surface area is 154 Å². The number of likely N-dealkylation sites (tertiary alicyclic amines) is 1. The quantitative estimate of drug-likeness (QED) is 0.877. The van der Waals surface area contributed by atoms with Crippen molar-refractivity contribution >= 4 is 12.1 Å². The molecule has 0 radical (unpaired) electrons. The molecule has 142 valence electrons. The monoisotopic (exact) mass is 361 g/mol. The lowest BCUT2D eigenvalue weighted by Gasteiger charge is -2.40. The zero-order chi connectivity index (χ0) is 18.7. The molecule has 2 heterocycles. The van der Waals surface area contributed by atoms with Gasteiger partial charge in [0.25, 0.3) is 0 Å². The number of nitrogens with zero attached hydrogens (tertiary/aromatic N) is 3. The van der Waals surface area contributed by atoms with Gasteiger partial charge in [-0.3, -0.25) is 9.80 Å². The van der Waals surface area contributed by atoms with Gasteiger partial charge in [-0.25, -0.2) is 4.39 Å². The predicted octanol–water partition coefficient (Wildman–Crippen LogP) is 2.75. The maximum Gasteiger partial charge on any atom is 0.223 e. The first-order valence-electron chi connectivity index (χ1n) is 9.37. The molecule has 2 atom stereocenters. The van der Waals surface area contributed by atoms with Crippen LogP contribution in [0.1, 0.15) is 50.5 Å². The molecule has 0 spiro atoms. The lowest BCUT2D eigenvalue weighted by Crippen LogP contribution is -2.49. The van der Waals surface area contributed by atoms with Gasteiger partial charge in [0.15, 0.2) is 0 Å². The van der Waals surface area contributed by atoms with Crippen LogP contribution in [0.25, 0.3) is 0 Å². The number of rotatable bonds is 5. The molecule has 26 heavy (non-hydrogen) atoms. The van der Waals surface area contributed by atoms with Gasteiger partial charge in [-0.2, -0.15) is 5.10 Å². The van der Waals surface area contributed by atoms with Crippen LogP contribution in [-0.4, -0.2) is 58.9 Å². The normalized spacial score (nSPS) is 23.3. The number of aliphatic hydroxyl groups is 1. The van der Waals surface area contributed by atoms with Crippen molar-refractivity contribution in [2.75, 3.05) is 20.1 Å². The zero-order valence-corrected chi connectivity index (χ0v) is 15.6. The van der Waals surface area contributed by atoms with E-state index in [2.05, 4.69) is 5.10 Å². The highest BCUT2D eigenvalue weighted by Gasteiger charge is 2.37. The third-order valence-electron chi connectivity index (χ3n) is 5.73. The standard InChI is InChI=1S/C20H28FN3O2/c1-15(16-4-3-5-17(21)13-16)12-19(25)24-10-7-20(26,8-11-24)14-18-6-9-22-23(18)2/h3-5,9,13,15,18,26H,6-8,10-12,14H2,1-2H3. The molecule has 0 aliphatic carbocycles. The molecule has 1 saturated heterocycles. The first-order chi connectivity index (χ1) is 12.4. The first kappa shape index (κ1) is 18.8. The second kappa shape index (κ2) is 7.74. The molecule has 1 aromatic carbocycles. The molecule has 2 aliphatic rings. The third-order valence-corrected chi connectivity index (χ3v) is 5.73. The highest BCUT2D eigenvalue weighted by Crippen LogP contribution is 2.31. The molecule has 6 heteroatoms. The Morgan fingerprint density at radius 1 is 1.42 bits per heavy atom. The Morgan fingerprint density at radius 3 is 2.77 bits per heavy atom. The number of hydrogen-bond acceptors (Lipinski definition) is 4. The Bertz CT molecular complexity index is 671. The van der Waals surface area contributed by atoms with Crippen LogP contribution in [0.5, 0.6) is 0 Å². The van der Waals surface area contributed by atoms with Gasteiger partial charge in [0.2, 0.25) is 5.91 Å². The van der Waals surface area contributed by atoms with E-state index in [1.807, 2.05) is 36.2 Å². The van der Waals surface area contributed by atoms with E-state index in [0.29, 0.717) is 38.8 Å². The first-order valence-corrected chi connectivity index (χ1v) is 9.37. The van der Waals surface area contributed by atoms with Gasteiger partial charge >= 0.3 is 0 Å². The number of halogens is 1. The minimum absolute atomic E-state index is 0.0247. The Balaban J connectivity index is 1.50. The molecular formula is C20H28FN3O2. The van der Waals surface area contributed by atoms with Crippen LogP contribution in [0.2, 0.25) is 0 Å². The topological polar surface area (TPSA) is 56.1 Å². The maximum absolute atomic E-state index is 13.4. The summed E-state index contributed by atoms with van der Waals surface area (Å²) in [7, 11) is 1.93. The SMILES string of the molecule is CC(CC(=O)N1CCC(O)(CC2CC=NN2C)CC1)c1cccc(F)c1. The van der Waals surface area contributed by atoms with Crippen LogP contribution >= 0.6 is 0 Å². The van der Waals surface area contributed by atoms with E-state index < -0.39 is 5.60 Å². The lowest BCUT2D eigenvalue weighted by molar-refractivity contribution is -0.136. The molecule has 1 aromatic rings. The number of carbonyl (C=O) groups is 1. The van der Waals surface area contributed by atoms with Crippen LogP contribution in [0.15, 0.2) is 29.4 Å². The van der Waals surface area contributed by atoms with Crippen LogP contribution < -0.4 is 0 Å². The Kier molecular flexibility index (Phi) is 5.61. The lowest BCUT2D eigenvalue weighted by atomic mass is 9.84. The number of carbonyl (C=O) groups excluding carboxylic acids is 1. The number of hydrazone groups is 1. The second-order valence-corrected chi connectivity index (χ2v) is 7.73. The summed E-state index contributed by atoms with van der Waals surface area (Å²) in [5.41, 5.74) is 0.119. The molecule has 1 amide bonds. The number of benzene rings is 1. The van der Waals surface area contributed by atoms with Crippen molar-refractivity contribution in [3.05, 3.63) is 35.6 Å². The molecule has 5 nitrogen and oxygen atoms in total. The van der Waals surface area contributed by atoms with Gasteiger partial charge in [-0.1, -0.05) is 19.1 Å². The fraction of sp³-hybridized carbons (Fsp3) is 0.600. The van der Waals surface area contributed by atoms with Gasteiger partial charge in [0.05, 0.1) is 11.6 Å². The molecule has 0 saturated carbocycles. The Morgan fingerprint density at radius 2 is 2.15 bits per heavy atom. The summed E-state index contributed by atoms with van der Waals surface area (Å²) < 4.78 is 13.4. The number of piperidine rings is 1. The average Bonchev–Trinajstić information content (AvgIpc) is 2.99. The van der Waals surface area contributed by atoms with Crippen molar-refractivity contribution < 1.29 is 14.3 Å². The fourth-order valence-corrected chi connectivity index (χ4v) is 3.90. The van der Waals surface area contributed by atoms with Crippen LogP contribution in [-0.2, 0) is 4.79 Å². The molecule has 1 N–H and O–H groups in total. The summed E-state index contributed by atoms with van der Waals surface area (Å²) in [4.78, 5) is 14.4. The minimum Gasteiger partial charge on any atom is -0.390 e. The van der Waals surface area contributed by atoms with Crippen LogP contribution in [0.3, 0.4) is 0 Å². The highest BCUT2D eigenvalue weighted by atomic mass is 19.1. The molecule has 2 unspecified atom stereocenters. The van der Waals surface area contributed by atoms with Crippen molar-refractivity contribution in [2.24, 2.45) is 5.10 Å². The number of amides is 1. The fourth-order valence-electron chi connectivity index (χ4n) is 3.90. The number of hydrogen-bond donors (Lipinski definition) is 1. The molecule has 2 aliphatic heterocycles. The van der Waals surface area contributed by atoms with E-state index in [1.165, 1.54) is 12.1 Å². The van der Waals surface area contributed by atoms with Crippen molar-refractivity contribution in [3.63, 3.8) is 0 Å². The highest BCUT2D eigenvalue weighted by molar-refractivity contribution is 5.77. The molecule has 0 aromatic heterocycles. The van der Waals surface area contributed by atoms with Crippen molar-refractivity contribution in [1.82, 2.24) is 9.91 Å². The largest absolute Gasteiger partial charge is 0.390 e. The van der Waals surface area contributed by atoms with E-state index in [1.54, 1.807) is 6.07 Å². The summed E-state index contributed by atoms with van der Waals surface area (Å²) in [6.07, 6.45) is 4.99. The van der Waals surface area contributed by atoms with Crippen LogP contribution in [0.4, 0.5) is 4.39 Å². The average molecular weight is 361 g/mol. The zero-order valence-electron chi connectivity index (χ0n) is 15.6. The van der Waals surface area contributed by atoms with Gasteiger partial charge in [-0.05, 0) is 42.9 Å².